The van der Waals surface area contributed by atoms with E-state index in [1.165, 1.54) is 72.5 Å². The van der Waals surface area contributed by atoms with Gasteiger partial charge in [0.25, 0.3) is 11.8 Å². The van der Waals surface area contributed by atoms with Gasteiger partial charge in [-0.25, -0.2) is 8.78 Å². The number of hydrogen-bond acceptors (Lipinski definition) is 7. The molecule has 0 atom stereocenters. The highest BCUT2D eigenvalue weighted by molar-refractivity contribution is 6.12. The van der Waals surface area contributed by atoms with Crippen LogP contribution in [0.15, 0.2) is 77.9 Å². The van der Waals surface area contributed by atoms with Crippen LogP contribution in [0.5, 0.6) is 23.0 Å². The number of amides is 2. The highest BCUT2D eigenvalue weighted by Crippen LogP contribution is 2.37. The molecule has 1 aliphatic heterocycles. The summed E-state index contributed by atoms with van der Waals surface area (Å²) < 4.78 is 47.0. The number of ether oxygens (including phenoxy) is 3. The maximum Gasteiger partial charge on any atom is 0.271 e. The fourth-order valence-electron chi connectivity index (χ4n) is 5.22. The van der Waals surface area contributed by atoms with Crippen LogP contribution in [0.4, 0.5) is 14.5 Å². The van der Waals surface area contributed by atoms with E-state index in [0.29, 0.717) is 46.8 Å². The number of nitrogens with one attached hydrogen (secondary N) is 1. The molecule has 1 fully saturated rings. The van der Waals surface area contributed by atoms with Crippen molar-refractivity contribution < 1.29 is 32.6 Å². The fourth-order valence-corrected chi connectivity index (χ4v) is 5.22. The molecular weight excluding hydrogens is 598 g/mol. The van der Waals surface area contributed by atoms with Crippen molar-refractivity contribution >= 4 is 28.4 Å². The third kappa shape index (κ3) is 5.60. The molecule has 1 N–H and O–H groups in total. The van der Waals surface area contributed by atoms with Gasteiger partial charge in [0.15, 0.2) is 23.1 Å². The lowest BCUT2D eigenvalue weighted by Gasteiger charge is -2.32. The highest BCUT2D eigenvalue weighted by atomic mass is 19.1. The highest BCUT2D eigenvalue weighted by Gasteiger charge is 2.31. The third-order valence-corrected chi connectivity index (χ3v) is 7.73. The lowest BCUT2D eigenvalue weighted by atomic mass is 10.0. The minimum Gasteiger partial charge on any atom is -0.493 e. The van der Waals surface area contributed by atoms with Gasteiger partial charge in [0, 0.05) is 61.3 Å². The van der Waals surface area contributed by atoms with E-state index in [4.69, 9.17) is 14.2 Å². The summed E-state index contributed by atoms with van der Waals surface area (Å²) in [5.74, 6) is -1.59. The number of carbonyl (C=O) groups excluding carboxylic acids is 2. The number of hydrogen-bond donors (Lipinski definition) is 1. The molecule has 1 saturated heterocycles. The molecule has 46 heavy (non-hydrogen) atoms. The van der Waals surface area contributed by atoms with Crippen LogP contribution >= 0.6 is 0 Å². The second-order valence-corrected chi connectivity index (χ2v) is 10.6. The molecule has 6 rings (SSSR count). The Labute approximate surface area is 261 Å². The van der Waals surface area contributed by atoms with Gasteiger partial charge in [0.05, 0.1) is 19.7 Å². The fraction of sp³-hybridized carbons (Fsp3) is 0.176. The number of methoxy groups -OCH3 is 2. The van der Waals surface area contributed by atoms with Crippen molar-refractivity contribution in [3.05, 3.63) is 106 Å². The number of benzene rings is 3. The zero-order valence-electron chi connectivity index (χ0n) is 25.1. The molecule has 2 aromatic heterocycles. The van der Waals surface area contributed by atoms with E-state index in [-0.39, 0.29) is 22.7 Å². The Hall–Kier alpha value is -5.78. The van der Waals surface area contributed by atoms with E-state index >= 15 is 4.39 Å². The summed E-state index contributed by atoms with van der Waals surface area (Å²) in [5.41, 5.74) is -0.208. The molecule has 0 radical (unpaired) electrons. The van der Waals surface area contributed by atoms with Gasteiger partial charge in [-0.05, 0) is 48.4 Å². The number of aryl methyl sites for hydroxylation is 1. The number of nitrogens with zero attached hydrogens (tertiary/aromatic N) is 3. The molecule has 3 heterocycles. The molecule has 10 nitrogen and oxygen atoms in total. The van der Waals surface area contributed by atoms with Crippen LogP contribution in [0.25, 0.3) is 22.0 Å². The zero-order valence-corrected chi connectivity index (χ0v) is 25.1. The number of rotatable bonds is 8. The molecule has 0 spiro atoms. The molecule has 0 aliphatic carbocycles. The third-order valence-electron chi connectivity index (χ3n) is 7.73. The number of likely N-dealkylation sites (tertiary alicyclic amines) is 1. The minimum atomic E-state index is -0.900. The van der Waals surface area contributed by atoms with Crippen molar-refractivity contribution in [3.8, 4) is 34.1 Å². The van der Waals surface area contributed by atoms with Crippen LogP contribution in [0.3, 0.4) is 0 Å². The van der Waals surface area contributed by atoms with Gasteiger partial charge in [0.2, 0.25) is 5.43 Å². The first-order chi connectivity index (χ1) is 22.2. The molecular formula is C34H28F2N4O6. The van der Waals surface area contributed by atoms with E-state index in [1.54, 1.807) is 25.2 Å². The number of fused-ring (bicyclic) bond motifs is 1. The van der Waals surface area contributed by atoms with Crippen molar-refractivity contribution in [3.63, 3.8) is 0 Å². The summed E-state index contributed by atoms with van der Waals surface area (Å²) >= 11 is 0. The van der Waals surface area contributed by atoms with Crippen molar-refractivity contribution in [1.82, 2.24) is 14.5 Å². The number of halogens is 2. The van der Waals surface area contributed by atoms with Crippen molar-refractivity contribution in [1.29, 1.82) is 0 Å². The summed E-state index contributed by atoms with van der Waals surface area (Å²) in [7, 11) is 4.55. The van der Waals surface area contributed by atoms with Gasteiger partial charge < -0.3 is 29.0 Å². The van der Waals surface area contributed by atoms with E-state index in [1.807, 2.05) is 0 Å². The average Bonchev–Trinajstić information content (AvgIpc) is 3.02. The summed E-state index contributed by atoms with van der Waals surface area (Å²) in [4.78, 5) is 46.6. The van der Waals surface area contributed by atoms with Gasteiger partial charge in [-0.1, -0.05) is 12.1 Å². The summed E-state index contributed by atoms with van der Waals surface area (Å²) in [6, 6.07) is 13.9. The van der Waals surface area contributed by atoms with Gasteiger partial charge in [0.1, 0.15) is 22.8 Å². The molecule has 0 saturated carbocycles. The Morgan fingerprint density at radius 3 is 2.26 bits per heavy atom. The lowest BCUT2D eigenvalue weighted by molar-refractivity contribution is 0.0637. The molecule has 0 unspecified atom stereocenters. The molecule has 5 aromatic rings. The maximum atomic E-state index is 15.4. The largest absolute Gasteiger partial charge is 0.493 e. The van der Waals surface area contributed by atoms with Crippen molar-refractivity contribution in [2.24, 2.45) is 7.05 Å². The Bertz CT molecular complexity index is 2060. The Morgan fingerprint density at radius 2 is 1.61 bits per heavy atom. The minimum absolute atomic E-state index is 0.0254. The quantitative estimate of drug-likeness (QED) is 0.232. The van der Waals surface area contributed by atoms with Crippen LogP contribution in [0.2, 0.25) is 0 Å². The van der Waals surface area contributed by atoms with Crippen molar-refractivity contribution in [2.75, 3.05) is 32.6 Å². The topological polar surface area (TPSA) is 112 Å². The number of pyridine rings is 2. The lowest BCUT2D eigenvalue weighted by Crippen LogP contribution is -2.45. The van der Waals surface area contributed by atoms with Crippen LogP contribution < -0.4 is 25.0 Å². The second-order valence-electron chi connectivity index (χ2n) is 10.6. The van der Waals surface area contributed by atoms with Gasteiger partial charge in [-0.2, -0.15) is 0 Å². The van der Waals surface area contributed by atoms with Gasteiger partial charge >= 0.3 is 0 Å². The van der Waals surface area contributed by atoms with Crippen LogP contribution in [-0.2, 0) is 7.05 Å². The van der Waals surface area contributed by atoms with Crippen LogP contribution in [0, 0.1) is 11.6 Å². The SMILES string of the molecule is COc1cc2nccc(Oc3ccc(NC(=O)c4c(C(=O)N5CCC5)n(C)cc(-c5ccc(F)cc5)c4=O)cc3F)c2cc1OC. The molecule has 1 aliphatic rings. The van der Waals surface area contributed by atoms with E-state index in [0.717, 1.165) is 12.5 Å². The standard InChI is InChI=1S/C34H28F2N4O6/c1-39-18-23(19-5-7-20(35)8-6-19)32(41)30(31(39)34(43)40-13-4-14-40)33(42)38-21-9-10-27(24(36)15-21)46-26-11-12-37-25-17-29(45-3)28(44-2)16-22(25)26/h5-12,15-18H,4,13-14H2,1-3H3,(H,38,42). The second kappa shape index (κ2) is 12.3. The Morgan fingerprint density at radius 1 is 0.891 bits per heavy atom. The maximum absolute atomic E-state index is 15.4. The first kappa shape index (κ1) is 30.3. The Balaban J connectivity index is 1.33. The molecule has 0 bridgehead atoms. The number of carbonyl (C=O) groups is 2. The molecule has 234 valence electrons. The summed E-state index contributed by atoms with van der Waals surface area (Å²) in [6.45, 7) is 0.987. The normalized spacial score (nSPS) is 12.4. The first-order valence-electron chi connectivity index (χ1n) is 14.3. The zero-order chi connectivity index (χ0) is 32.5. The van der Waals surface area contributed by atoms with E-state index < -0.39 is 34.4 Å². The smallest absolute Gasteiger partial charge is 0.271 e. The summed E-state index contributed by atoms with van der Waals surface area (Å²) in [6.07, 6.45) is 3.76. The molecule has 2 amide bonds. The molecule has 12 heteroatoms. The predicted molar refractivity (Wildman–Crippen MR) is 167 cm³/mol. The molecule has 3 aromatic carbocycles. The van der Waals surface area contributed by atoms with Crippen LogP contribution in [-0.4, -0.2) is 53.6 Å². The van der Waals surface area contributed by atoms with E-state index in [2.05, 4.69) is 10.3 Å². The monoisotopic (exact) mass is 626 g/mol. The van der Waals surface area contributed by atoms with Gasteiger partial charge in [-0.15, -0.1) is 0 Å². The Kier molecular flexibility index (Phi) is 8.10. The number of anilines is 1. The first-order valence-corrected chi connectivity index (χ1v) is 14.3. The summed E-state index contributed by atoms with van der Waals surface area (Å²) in [5, 5.41) is 3.10. The number of aromatic nitrogens is 2. The average molecular weight is 627 g/mol. The van der Waals surface area contributed by atoms with E-state index in [9.17, 15) is 18.8 Å². The van der Waals surface area contributed by atoms with Crippen molar-refractivity contribution in [2.45, 2.75) is 6.42 Å². The predicted octanol–water partition coefficient (Wildman–Crippen LogP) is 5.79. The van der Waals surface area contributed by atoms with Gasteiger partial charge in [-0.3, -0.25) is 19.4 Å². The van der Waals surface area contributed by atoms with Crippen LogP contribution in [0.1, 0.15) is 27.3 Å².